The van der Waals surface area contributed by atoms with Crippen molar-refractivity contribution in [1.82, 2.24) is 0 Å². The molecule has 0 fully saturated rings. The van der Waals surface area contributed by atoms with Gasteiger partial charge in [0, 0.05) is 6.42 Å². The molecule has 0 radical (unpaired) electrons. The van der Waals surface area contributed by atoms with Crippen LogP contribution in [0.2, 0.25) is 0 Å². The molecular formula is C16H32O2. The van der Waals surface area contributed by atoms with E-state index in [1.54, 1.807) is 0 Å². The minimum atomic E-state index is -0.639. The van der Waals surface area contributed by atoms with Crippen LogP contribution in [0.25, 0.3) is 0 Å². The highest BCUT2D eigenvalue weighted by Gasteiger charge is 2.14. The smallest absolute Gasteiger partial charge is 0.303 e. The fourth-order valence-corrected chi connectivity index (χ4v) is 2.69. The number of hydrogen-bond donors (Lipinski definition) is 1. The second-order valence-corrected chi connectivity index (χ2v) is 5.60. The van der Waals surface area contributed by atoms with E-state index in [4.69, 9.17) is 5.11 Å². The molecule has 108 valence electrons. The van der Waals surface area contributed by atoms with Crippen molar-refractivity contribution in [2.75, 3.05) is 0 Å². The number of carboxylic acid groups (broad SMARTS) is 1. The molecule has 0 aromatic rings. The van der Waals surface area contributed by atoms with Gasteiger partial charge in [-0.2, -0.15) is 0 Å². The first-order valence-corrected chi connectivity index (χ1v) is 7.85. The molecule has 0 heterocycles. The Hall–Kier alpha value is -0.530. The number of carboxylic acids is 1. The van der Waals surface area contributed by atoms with Crippen LogP contribution in [0.1, 0.15) is 85.0 Å². The quantitative estimate of drug-likeness (QED) is 0.483. The SMILES string of the molecule is CCCCCC(CCC)CCC(CC)CC(=O)O. The van der Waals surface area contributed by atoms with Crippen LogP contribution in [-0.2, 0) is 4.79 Å². The first-order valence-electron chi connectivity index (χ1n) is 7.85. The van der Waals surface area contributed by atoms with Crippen LogP contribution in [0.3, 0.4) is 0 Å². The van der Waals surface area contributed by atoms with Crippen molar-refractivity contribution in [1.29, 1.82) is 0 Å². The highest BCUT2D eigenvalue weighted by molar-refractivity contribution is 5.66. The van der Waals surface area contributed by atoms with Gasteiger partial charge in [0.1, 0.15) is 0 Å². The van der Waals surface area contributed by atoms with Crippen LogP contribution in [-0.4, -0.2) is 11.1 Å². The van der Waals surface area contributed by atoms with E-state index < -0.39 is 5.97 Å². The van der Waals surface area contributed by atoms with Gasteiger partial charge in [-0.05, 0) is 18.3 Å². The molecule has 0 rings (SSSR count). The zero-order chi connectivity index (χ0) is 13.8. The largest absolute Gasteiger partial charge is 0.481 e. The van der Waals surface area contributed by atoms with Gasteiger partial charge in [-0.25, -0.2) is 0 Å². The molecule has 2 nitrogen and oxygen atoms in total. The Bertz CT molecular complexity index is 201. The van der Waals surface area contributed by atoms with Crippen molar-refractivity contribution < 1.29 is 9.90 Å². The van der Waals surface area contributed by atoms with Crippen LogP contribution in [0.5, 0.6) is 0 Å². The van der Waals surface area contributed by atoms with Crippen LogP contribution in [0, 0.1) is 11.8 Å². The minimum absolute atomic E-state index is 0.351. The van der Waals surface area contributed by atoms with Crippen molar-refractivity contribution in [2.45, 2.75) is 85.0 Å². The maximum Gasteiger partial charge on any atom is 0.303 e. The first kappa shape index (κ1) is 17.5. The van der Waals surface area contributed by atoms with Crippen LogP contribution in [0.15, 0.2) is 0 Å². The summed E-state index contributed by atoms with van der Waals surface area (Å²) < 4.78 is 0. The van der Waals surface area contributed by atoms with Crippen LogP contribution < -0.4 is 0 Å². The van der Waals surface area contributed by atoms with Crippen LogP contribution in [0.4, 0.5) is 0 Å². The molecule has 0 aliphatic carbocycles. The zero-order valence-electron chi connectivity index (χ0n) is 12.6. The van der Waals surface area contributed by atoms with Gasteiger partial charge in [0.2, 0.25) is 0 Å². The number of aliphatic carboxylic acids is 1. The summed E-state index contributed by atoms with van der Waals surface area (Å²) in [6.07, 6.45) is 11.6. The Morgan fingerprint density at radius 1 is 0.889 bits per heavy atom. The summed E-state index contributed by atoms with van der Waals surface area (Å²) in [5.41, 5.74) is 0. The molecule has 0 aliphatic rings. The molecule has 18 heavy (non-hydrogen) atoms. The number of rotatable bonds is 12. The summed E-state index contributed by atoms with van der Waals surface area (Å²) in [6, 6.07) is 0. The standard InChI is InChI=1S/C16H32O2/c1-4-7-8-10-15(9-5-2)12-11-14(6-3)13-16(17)18/h14-15H,4-13H2,1-3H3,(H,17,18). The Balaban J connectivity index is 3.94. The van der Waals surface area contributed by atoms with E-state index in [0.717, 1.165) is 18.8 Å². The van der Waals surface area contributed by atoms with E-state index in [0.29, 0.717) is 12.3 Å². The van der Waals surface area contributed by atoms with Crippen molar-refractivity contribution in [3.8, 4) is 0 Å². The molecule has 1 N–H and O–H groups in total. The molecule has 0 aromatic carbocycles. The second kappa shape index (κ2) is 11.6. The lowest BCUT2D eigenvalue weighted by molar-refractivity contribution is -0.138. The van der Waals surface area contributed by atoms with E-state index in [-0.39, 0.29) is 0 Å². The molecule has 0 bridgehead atoms. The topological polar surface area (TPSA) is 37.3 Å². The summed E-state index contributed by atoms with van der Waals surface area (Å²) in [6.45, 7) is 6.61. The predicted octanol–water partition coefficient (Wildman–Crippen LogP) is 5.26. The summed E-state index contributed by atoms with van der Waals surface area (Å²) in [5, 5.41) is 8.86. The molecule has 0 aromatic heterocycles. The Morgan fingerprint density at radius 2 is 1.56 bits per heavy atom. The molecule has 2 unspecified atom stereocenters. The van der Waals surface area contributed by atoms with E-state index >= 15 is 0 Å². The Kier molecular flexibility index (Phi) is 11.2. The van der Waals surface area contributed by atoms with Gasteiger partial charge in [-0.15, -0.1) is 0 Å². The average Bonchev–Trinajstić information content (AvgIpc) is 2.34. The fourth-order valence-electron chi connectivity index (χ4n) is 2.69. The van der Waals surface area contributed by atoms with Crippen LogP contribution >= 0.6 is 0 Å². The zero-order valence-corrected chi connectivity index (χ0v) is 12.6. The van der Waals surface area contributed by atoms with Gasteiger partial charge in [0.15, 0.2) is 0 Å². The summed E-state index contributed by atoms with van der Waals surface area (Å²) >= 11 is 0. The highest BCUT2D eigenvalue weighted by atomic mass is 16.4. The van der Waals surface area contributed by atoms with Gasteiger partial charge in [-0.3, -0.25) is 4.79 Å². The number of unbranched alkanes of at least 4 members (excludes halogenated alkanes) is 2. The lowest BCUT2D eigenvalue weighted by atomic mass is 9.87. The van der Waals surface area contributed by atoms with E-state index in [1.807, 2.05) is 0 Å². The van der Waals surface area contributed by atoms with Gasteiger partial charge in [0.25, 0.3) is 0 Å². The third-order valence-electron chi connectivity index (χ3n) is 3.94. The van der Waals surface area contributed by atoms with E-state index in [9.17, 15) is 4.79 Å². The lowest BCUT2D eigenvalue weighted by Crippen LogP contribution is -2.10. The average molecular weight is 256 g/mol. The fraction of sp³-hybridized carbons (Fsp3) is 0.938. The Labute approximate surface area is 113 Å². The molecule has 0 amide bonds. The molecule has 0 aliphatic heterocycles. The van der Waals surface area contributed by atoms with Gasteiger partial charge >= 0.3 is 5.97 Å². The molecule has 0 saturated carbocycles. The second-order valence-electron chi connectivity index (χ2n) is 5.60. The Morgan fingerprint density at radius 3 is 2.06 bits per heavy atom. The van der Waals surface area contributed by atoms with Gasteiger partial charge in [-0.1, -0.05) is 72.1 Å². The molecule has 0 spiro atoms. The van der Waals surface area contributed by atoms with Crippen molar-refractivity contribution >= 4 is 5.97 Å². The summed E-state index contributed by atoms with van der Waals surface area (Å²) in [5.74, 6) is 0.567. The first-order chi connectivity index (χ1) is 8.63. The van der Waals surface area contributed by atoms with E-state index in [2.05, 4.69) is 20.8 Å². The minimum Gasteiger partial charge on any atom is -0.481 e. The van der Waals surface area contributed by atoms with E-state index in [1.165, 1.54) is 44.9 Å². The van der Waals surface area contributed by atoms with Gasteiger partial charge < -0.3 is 5.11 Å². The third kappa shape index (κ3) is 9.49. The van der Waals surface area contributed by atoms with Crippen molar-refractivity contribution in [3.05, 3.63) is 0 Å². The monoisotopic (exact) mass is 256 g/mol. The molecule has 2 heteroatoms. The summed E-state index contributed by atoms with van der Waals surface area (Å²) in [4.78, 5) is 10.7. The van der Waals surface area contributed by atoms with Crippen molar-refractivity contribution in [3.63, 3.8) is 0 Å². The third-order valence-corrected chi connectivity index (χ3v) is 3.94. The molecule has 2 atom stereocenters. The maximum absolute atomic E-state index is 10.7. The predicted molar refractivity (Wildman–Crippen MR) is 77.8 cm³/mol. The number of carbonyl (C=O) groups is 1. The van der Waals surface area contributed by atoms with Crippen molar-refractivity contribution in [2.24, 2.45) is 11.8 Å². The summed E-state index contributed by atoms with van der Waals surface area (Å²) in [7, 11) is 0. The van der Waals surface area contributed by atoms with Gasteiger partial charge in [0.05, 0.1) is 0 Å². The molecular weight excluding hydrogens is 224 g/mol. The maximum atomic E-state index is 10.7. The highest BCUT2D eigenvalue weighted by Crippen LogP contribution is 2.25. The lowest BCUT2D eigenvalue weighted by Gasteiger charge is -2.19. The molecule has 0 saturated heterocycles. The normalized spacial score (nSPS) is 14.4. The number of hydrogen-bond acceptors (Lipinski definition) is 1.